The number of hydrogen-bond acceptors (Lipinski definition) is 1. The van der Waals surface area contributed by atoms with E-state index in [0.29, 0.717) is 16.6 Å². The van der Waals surface area contributed by atoms with E-state index < -0.39 is 0 Å². The van der Waals surface area contributed by atoms with Gasteiger partial charge in [0.2, 0.25) is 0 Å². The minimum Gasteiger partial charge on any atom is -0.310 e. The van der Waals surface area contributed by atoms with E-state index in [0.717, 1.165) is 12.1 Å². The highest BCUT2D eigenvalue weighted by molar-refractivity contribution is 6.30. The molecular formula is C16H15ClFN. The lowest BCUT2D eigenvalue weighted by Crippen LogP contribution is -2.14. The molecule has 19 heavy (non-hydrogen) atoms. The molecule has 1 aliphatic carbocycles. The van der Waals surface area contributed by atoms with E-state index in [2.05, 4.69) is 5.32 Å². The summed E-state index contributed by atoms with van der Waals surface area (Å²) in [5, 5.41) is 3.88. The van der Waals surface area contributed by atoms with Crippen LogP contribution in [-0.2, 0) is 6.54 Å². The molecule has 0 atom stereocenters. The Morgan fingerprint density at radius 3 is 2.47 bits per heavy atom. The first-order valence-corrected chi connectivity index (χ1v) is 6.88. The molecule has 0 unspecified atom stereocenters. The number of hydrogen-bond donors (Lipinski definition) is 1. The molecule has 1 saturated carbocycles. The second kappa shape index (κ2) is 5.32. The highest BCUT2D eigenvalue weighted by Crippen LogP contribution is 2.26. The Kier molecular flexibility index (Phi) is 3.54. The maximum absolute atomic E-state index is 13.8. The van der Waals surface area contributed by atoms with Gasteiger partial charge in [0, 0.05) is 23.2 Å². The van der Waals surface area contributed by atoms with Crippen LogP contribution in [0, 0.1) is 5.82 Å². The van der Waals surface area contributed by atoms with Crippen molar-refractivity contribution in [2.24, 2.45) is 0 Å². The van der Waals surface area contributed by atoms with E-state index in [9.17, 15) is 4.39 Å². The maximum Gasteiger partial charge on any atom is 0.132 e. The molecule has 2 aromatic rings. The zero-order valence-electron chi connectivity index (χ0n) is 10.5. The van der Waals surface area contributed by atoms with E-state index >= 15 is 0 Å². The molecule has 0 aliphatic heterocycles. The first-order chi connectivity index (χ1) is 9.22. The van der Waals surface area contributed by atoms with Crippen LogP contribution in [0.15, 0.2) is 42.5 Å². The monoisotopic (exact) mass is 275 g/mol. The van der Waals surface area contributed by atoms with Crippen molar-refractivity contribution in [3.63, 3.8) is 0 Å². The number of nitrogens with one attached hydrogen (secondary N) is 1. The summed E-state index contributed by atoms with van der Waals surface area (Å²) in [4.78, 5) is 0. The fourth-order valence-electron chi connectivity index (χ4n) is 2.08. The maximum atomic E-state index is 13.8. The summed E-state index contributed by atoms with van der Waals surface area (Å²) in [6, 6.07) is 13.5. The molecule has 3 rings (SSSR count). The Morgan fingerprint density at radius 2 is 1.84 bits per heavy atom. The van der Waals surface area contributed by atoms with Gasteiger partial charge in [0.1, 0.15) is 5.82 Å². The zero-order chi connectivity index (χ0) is 13.2. The Bertz CT molecular complexity index is 576. The number of halogens is 2. The van der Waals surface area contributed by atoms with Gasteiger partial charge in [-0.05, 0) is 42.2 Å². The predicted octanol–water partition coefficient (Wildman–Crippen LogP) is 4.40. The molecule has 1 N–H and O–H groups in total. The summed E-state index contributed by atoms with van der Waals surface area (Å²) in [7, 11) is 0. The summed E-state index contributed by atoms with van der Waals surface area (Å²) < 4.78 is 13.8. The van der Waals surface area contributed by atoms with Gasteiger partial charge in [-0.2, -0.15) is 0 Å². The molecule has 2 aromatic carbocycles. The summed E-state index contributed by atoms with van der Waals surface area (Å²) in [6.07, 6.45) is 2.57. The van der Waals surface area contributed by atoms with Gasteiger partial charge in [0.15, 0.2) is 0 Å². The van der Waals surface area contributed by atoms with Crippen LogP contribution in [0.3, 0.4) is 0 Å². The van der Waals surface area contributed by atoms with Crippen LogP contribution in [0.5, 0.6) is 0 Å². The van der Waals surface area contributed by atoms with Gasteiger partial charge in [0.05, 0.1) is 0 Å². The van der Waals surface area contributed by atoms with Gasteiger partial charge in [-0.15, -0.1) is 0 Å². The van der Waals surface area contributed by atoms with Crippen LogP contribution >= 0.6 is 11.6 Å². The Balaban J connectivity index is 1.76. The van der Waals surface area contributed by atoms with Gasteiger partial charge >= 0.3 is 0 Å². The quantitative estimate of drug-likeness (QED) is 0.872. The average Bonchev–Trinajstić information content (AvgIpc) is 3.21. The molecule has 0 saturated heterocycles. The molecule has 0 amide bonds. The third kappa shape index (κ3) is 3.14. The first kappa shape index (κ1) is 12.6. The average molecular weight is 276 g/mol. The van der Waals surface area contributed by atoms with E-state index in [1.54, 1.807) is 12.1 Å². The molecule has 1 nitrogen and oxygen atoms in total. The fourth-order valence-corrected chi connectivity index (χ4v) is 2.23. The zero-order valence-corrected chi connectivity index (χ0v) is 11.3. The highest BCUT2D eigenvalue weighted by atomic mass is 35.5. The van der Waals surface area contributed by atoms with Gasteiger partial charge < -0.3 is 5.32 Å². The SMILES string of the molecule is Fc1cc(Cl)ccc1-c1ccc(CNC2CC2)cc1. The van der Waals surface area contributed by atoms with Crippen molar-refractivity contribution in [2.75, 3.05) is 0 Å². The minimum atomic E-state index is -0.281. The molecule has 3 heteroatoms. The normalized spacial score (nSPS) is 14.6. The van der Waals surface area contributed by atoms with Crippen LogP contribution in [0.2, 0.25) is 5.02 Å². The fraction of sp³-hybridized carbons (Fsp3) is 0.250. The summed E-state index contributed by atoms with van der Waals surface area (Å²) in [5.74, 6) is -0.281. The standard InChI is InChI=1S/C16H15ClFN/c17-13-5-8-15(16(18)9-13)12-3-1-11(2-4-12)10-19-14-6-7-14/h1-5,8-9,14,19H,6-7,10H2. The van der Waals surface area contributed by atoms with Crippen molar-refractivity contribution in [3.05, 3.63) is 58.9 Å². The Morgan fingerprint density at radius 1 is 1.11 bits per heavy atom. The van der Waals surface area contributed by atoms with Gasteiger partial charge in [0.25, 0.3) is 0 Å². The topological polar surface area (TPSA) is 12.0 Å². The van der Waals surface area contributed by atoms with Gasteiger partial charge in [-0.25, -0.2) is 4.39 Å². The third-order valence-corrected chi connectivity index (χ3v) is 3.60. The minimum absolute atomic E-state index is 0.281. The lowest BCUT2D eigenvalue weighted by Gasteiger charge is -2.07. The van der Waals surface area contributed by atoms with E-state index in [1.807, 2.05) is 24.3 Å². The van der Waals surface area contributed by atoms with Crippen LogP contribution in [-0.4, -0.2) is 6.04 Å². The molecule has 0 radical (unpaired) electrons. The van der Waals surface area contributed by atoms with Crippen molar-refractivity contribution in [3.8, 4) is 11.1 Å². The van der Waals surface area contributed by atoms with Gasteiger partial charge in [-0.1, -0.05) is 35.9 Å². The molecule has 0 spiro atoms. The molecule has 0 bridgehead atoms. The molecule has 0 heterocycles. The van der Waals surface area contributed by atoms with Crippen LogP contribution < -0.4 is 5.32 Å². The van der Waals surface area contributed by atoms with E-state index in [-0.39, 0.29) is 5.82 Å². The lowest BCUT2D eigenvalue weighted by molar-refractivity contribution is 0.631. The molecule has 0 aromatic heterocycles. The number of benzene rings is 2. The summed E-state index contributed by atoms with van der Waals surface area (Å²) in [6.45, 7) is 0.883. The van der Waals surface area contributed by atoms with Crippen LogP contribution in [0.25, 0.3) is 11.1 Å². The summed E-state index contributed by atoms with van der Waals surface area (Å²) in [5.41, 5.74) is 2.69. The van der Waals surface area contributed by atoms with Gasteiger partial charge in [-0.3, -0.25) is 0 Å². The Hall–Kier alpha value is -1.38. The Labute approximate surface area is 117 Å². The lowest BCUT2D eigenvalue weighted by atomic mass is 10.0. The predicted molar refractivity (Wildman–Crippen MR) is 76.7 cm³/mol. The van der Waals surface area contributed by atoms with E-state index in [4.69, 9.17) is 11.6 Å². The molecule has 1 fully saturated rings. The van der Waals surface area contributed by atoms with Crippen molar-refractivity contribution in [1.29, 1.82) is 0 Å². The first-order valence-electron chi connectivity index (χ1n) is 6.50. The second-order valence-corrected chi connectivity index (χ2v) is 5.41. The highest BCUT2D eigenvalue weighted by Gasteiger charge is 2.19. The van der Waals surface area contributed by atoms with Crippen molar-refractivity contribution in [1.82, 2.24) is 5.32 Å². The largest absolute Gasteiger partial charge is 0.310 e. The number of rotatable bonds is 4. The van der Waals surface area contributed by atoms with Crippen molar-refractivity contribution in [2.45, 2.75) is 25.4 Å². The van der Waals surface area contributed by atoms with Crippen molar-refractivity contribution < 1.29 is 4.39 Å². The van der Waals surface area contributed by atoms with Crippen molar-refractivity contribution >= 4 is 11.6 Å². The smallest absolute Gasteiger partial charge is 0.132 e. The second-order valence-electron chi connectivity index (χ2n) is 4.98. The van der Waals surface area contributed by atoms with Crippen LogP contribution in [0.1, 0.15) is 18.4 Å². The third-order valence-electron chi connectivity index (χ3n) is 3.37. The molecule has 1 aliphatic rings. The molecule has 98 valence electrons. The van der Waals surface area contributed by atoms with Crippen LogP contribution in [0.4, 0.5) is 4.39 Å². The summed E-state index contributed by atoms with van der Waals surface area (Å²) >= 11 is 5.76. The van der Waals surface area contributed by atoms with E-state index in [1.165, 1.54) is 24.5 Å². The molecular weight excluding hydrogens is 261 g/mol.